The van der Waals surface area contributed by atoms with E-state index >= 15 is 0 Å². The third kappa shape index (κ3) is 2.62. The third-order valence-corrected chi connectivity index (χ3v) is 4.35. The zero-order valence-corrected chi connectivity index (χ0v) is 12.1. The molecule has 97 valence electrons. The van der Waals surface area contributed by atoms with Crippen LogP contribution < -0.4 is 4.90 Å². The molecule has 1 aliphatic heterocycles. The van der Waals surface area contributed by atoms with Gasteiger partial charge in [-0.1, -0.05) is 19.2 Å². The zero-order valence-electron chi connectivity index (χ0n) is 11.1. The van der Waals surface area contributed by atoms with Gasteiger partial charge in [0, 0.05) is 27.2 Å². The van der Waals surface area contributed by atoms with Crippen LogP contribution in [0.2, 0.25) is 19.1 Å². The van der Waals surface area contributed by atoms with Gasteiger partial charge in [-0.05, 0) is 19.0 Å². The highest BCUT2D eigenvalue weighted by Crippen LogP contribution is 2.34. The summed E-state index contributed by atoms with van der Waals surface area (Å²) in [4.78, 5) is 18.0. The second kappa shape index (κ2) is 5.62. The molecule has 0 spiro atoms. The van der Waals surface area contributed by atoms with Crippen molar-refractivity contribution in [3.05, 3.63) is 23.9 Å². The van der Waals surface area contributed by atoms with Gasteiger partial charge in [0.05, 0.1) is 5.92 Å². The van der Waals surface area contributed by atoms with E-state index < -0.39 is 0 Å². The highest BCUT2D eigenvalue weighted by molar-refractivity contribution is 6.55. The fraction of sp³-hybridized carbons (Fsp3) is 0.538. The van der Waals surface area contributed by atoms with E-state index in [4.69, 9.17) is 4.74 Å². The highest BCUT2D eigenvalue weighted by atomic mass is 28.3. The van der Waals surface area contributed by atoms with Gasteiger partial charge >= 0.3 is 0 Å². The summed E-state index contributed by atoms with van der Waals surface area (Å²) in [7, 11) is -0.258. The fourth-order valence-corrected chi connectivity index (χ4v) is 2.55. The van der Waals surface area contributed by atoms with Gasteiger partial charge in [-0.3, -0.25) is 9.69 Å². The van der Waals surface area contributed by atoms with Gasteiger partial charge in [-0.2, -0.15) is 0 Å². The van der Waals surface area contributed by atoms with E-state index in [1.165, 1.54) is 0 Å². The molecule has 0 N–H and O–H groups in total. The average Bonchev–Trinajstić information content (AvgIpc) is 2.59. The van der Waals surface area contributed by atoms with Gasteiger partial charge in [0.25, 0.3) is 0 Å². The van der Waals surface area contributed by atoms with Gasteiger partial charge in [0.15, 0.2) is 0 Å². The van der Waals surface area contributed by atoms with Gasteiger partial charge in [0.2, 0.25) is 5.91 Å². The Morgan fingerprint density at radius 1 is 1.50 bits per heavy atom. The maximum atomic E-state index is 12.1. The minimum Gasteiger partial charge on any atom is -0.361 e. The normalized spacial score (nSPS) is 18.6. The molecule has 1 atom stereocenters. The van der Waals surface area contributed by atoms with Crippen molar-refractivity contribution in [1.82, 2.24) is 4.98 Å². The van der Waals surface area contributed by atoms with Gasteiger partial charge in [0.1, 0.15) is 12.5 Å². The molecular weight excluding hydrogens is 244 g/mol. The molecular formula is C13H19N2O2Si. The van der Waals surface area contributed by atoms with E-state index in [1.54, 1.807) is 11.1 Å². The minimum absolute atomic E-state index is 0.0854. The van der Waals surface area contributed by atoms with Crippen LogP contribution >= 0.6 is 0 Å². The topological polar surface area (TPSA) is 42.4 Å². The number of amides is 1. The summed E-state index contributed by atoms with van der Waals surface area (Å²) >= 11 is 0. The van der Waals surface area contributed by atoms with E-state index in [9.17, 15) is 4.79 Å². The predicted molar refractivity (Wildman–Crippen MR) is 73.2 cm³/mol. The molecule has 0 bridgehead atoms. The van der Waals surface area contributed by atoms with Crippen LogP contribution in [0.5, 0.6) is 0 Å². The van der Waals surface area contributed by atoms with Gasteiger partial charge in [-0.15, -0.1) is 0 Å². The lowest BCUT2D eigenvalue weighted by atomic mass is 10.1. The monoisotopic (exact) mass is 263 g/mol. The molecule has 0 saturated carbocycles. The number of nitrogens with zero attached hydrogens (tertiary/aromatic N) is 2. The van der Waals surface area contributed by atoms with Gasteiger partial charge in [-0.25, -0.2) is 4.98 Å². The van der Waals surface area contributed by atoms with E-state index in [0.29, 0.717) is 6.73 Å². The number of rotatable bonds is 5. The number of aromatic nitrogens is 1. The lowest BCUT2D eigenvalue weighted by Crippen LogP contribution is -2.31. The first-order valence-corrected chi connectivity index (χ1v) is 8.95. The van der Waals surface area contributed by atoms with Crippen molar-refractivity contribution in [3.8, 4) is 0 Å². The Bertz CT molecular complexity index is 437. The van der Waals surface area contributed by atoms with Crippen LogP contribution in [0.3, 0.4) is 0 Å². The number of carbonyl (C=O) groups excluding carboxylic acids is 1. The minimum atomic E-state index is -0.258. The zero-order chi connectivity index (χ0) is 13.1. The smallest absolute Gasteiger partial charge is 0.237 e. The van der Waals surface area contributed by atoms with E-state index in [2.05, 4.69) is 18.1 Å². The second-order valence-electron chi connectivity index (χ2n) is 4.90. The van der Waals surface area contributed by atoms with E-state index in [-0.39, 0.29) is 20.6 Å². The van der Waals surface area contributed by atoms with Crippen LogP contribution in [-0.4, -0.2) is 33.0 Å². The first-order chi connectivity index (χ1) is 8.61. The standard InChI is InChI=1S/C13H19N2O2Si/c1-10-11-5-4-6-14-12(11)15(13(10)16)9-17-7-8-18(2)3/h4-6,10H,7-9H2,1-3H3. The highest BCUT2D eigenvalue weighted by Gasteiger charge is 2.34. The average molecular weight is 263 g/mol. The largest absolute Gasteiger partial charge is 0.361 e. The van der Waals surface area contributed by atoms with E-state index in [0.717, 1.165) is 24.0 Å². The maximum Gasteiger partial charge on any atom is 0.237 e. The first kappa shape index (κ1) is 13.2. The molecule has 1 unspecified atom stereocenters. The van der Waals surface area contributed by atoms with E-state index in [1.807, 2.05) is 19.1 Å². The number of anilines is 1. The summed E-state index contributed by atoms with van der Waals surface area (Å²) in [6.45, 7) is 7.48. The van der Waals surface area contributed by atoms with Crippen molar-refractivity contribution >= 4 is 20.5 Å². The second-order valence-corrected chi connectivity index (χ2v) is 7.81. The maximum absolute atomic E-state index is 12.1. The molecule has 0 aromatic carbocycles. The molecule has 1 aromatic rings. The number of carbonyl (C=O) groups is 1. The molecule has 0 saturated heterocycles. The van der Waals surface area contributed by atoms with Crippen LogP contribution in [0.25, 0.3) is 0 Å². The van der Waals surface area contributed by atoms with Crippen LogP contribution in [0.4, 0.5) is 5.82 Å². The number of hydrogen-bond acceptors (Lipinski definition) is 3. The Morgan fingerprint density at radius 3 is 3.00 bits per heavy atom. The lowest BCUT2D eigenvalue weighted by molar-refractivity contribution is -0.120. The first-order valence-electron chi connectivity index (χ1n) is 6.24. The Balaban J connectivity index is 1.99. The Kier molecular flexibility index (Phi) is 4.14. The van der Waals surface area contributed by atoms with Gasteiger partial charge < -0.3 is 4.74 Å². The predicted octanol–water partition coefficient (Wildman–Crippen LogP) is 2.26. The van der Waals surface area contributed by atoms with Crippen molar-refractivity contribution in [1.29, 1.82) is 0 Å². The molecule has 18 heavy (non-hydrogen) atoms. The summed E-state index contributed by atoms with van der Waals surface area (Å²) in [6, 6.07) is 4.94. The van der Waals surface area contributed by atoms with Crippen LogP contribution in [0, 0.1) is 0 Å². The van der Waals surface area contributed by atoms with Crippen LogP contribution in [0.1, 0.15) is 18.4 Å². The van der Waals surface area contributed by atoms with Crippen LogP contribution in [0.15, 0.2) is 18.3 Å². The summed E-state index contributed by atoms with van der Waals surface area (Å²) < 4.78 is 5.59. The summed E-state index contributed by atoms with van der Waals surface area (Å²) in [5.41, 5.74) is 1.00. The Hall–Kier alpha value is -1.20. The number of fused-ring (bicyclic) bond motifs is 1. The van der Waals surface area contributed by atoms with Crippen molar-refractivity contribution in [2.75, 3.05) is 18.2 Å². The van der Waals surface area contributed by atoms with Crippen molar-refractivity contribution in [2.24, 2.45) is 0 Å². The van der Waals surface area contributed by atoms with Crippen molar-refractivity contribution < 1.29 is 9.53 Å². The molecule has 2 heterocycles. The molecule has 1 amide bonds. The molecule has 0 aliphatic carbocycles. The Morgan fingerprint density at radius 2 is 2.28 bits per heavy atom. The number of hydrogen-bond donors (Lipinski definition) is 0. The molecule has 1 aliphatic rings. The third-order valence-electron chi connectivity index (χ3n) is 3.14. The molecule has 5 heteroatoms. The summed E-state index contributed by atoms with van der Waals surface area (Å²) in [6.07, 6.45) is 1.72. The SMILES string of the molecule is CC1C(=O)N(COCC[Si](C)C)c2ncccc21. The van der Waals surface area contributed by atoms with Crippen molar-refractivity contribution in [2.45, 2.75) is 32.0 Å². The fourth-order valence-electron chi connectivity index (χ4n) is 2.00. The number of ether oxygens (including phenoxy) is 1. The van der Waals surface area contributed by atoms with Crippen LogP contribution in [-0.2, 0) is 9.53 Å². The molecule has 1 aromatic heterocycles. The molecule has 2 rings (SSSR count). The molecule has 4 nitrogen and oxygen atoms in total. The summed E-state index contributed by atoms with van der Waals surface area (Å²) in [5, 5.41) is 0. The molecule has 1 radical (unpaired) electrons. The Labute approximate surface area is 110 Å². The number of pyridine rings is 1. The quantitative estimate of drug-likeness (QED) is 0.604. The van der Waals surface area contributed by atoms with Crippen molar-refractivity contribution in [3.63, 3.8) is 0 Å². The molecule has 0 fully saturated rings. The lowest BCUT2D eigenvalue weighted by Gasteiger charge is -2.17. The summed E-state index contributed by atoms with van der Waals surface area (Å²) in [5.74, 6) is 0.741.